The molecule has 1 aromatic rings. The number of carbonyl (C=O) groups excluding carboxylic acids is 1. The molecule has 21 heavy (non-hydrogen) atoms. The van der Waals surface area contributed by atoms with Crippen molar-refractivity contribution in [1.82, 2.24) is 10.6 Å². The topological polar surface area (TPSA) is 87.7 Å². The number of carboxylic acid groups (broad SMARTS) is 1. The monoisotopic (exact) mass is 294 g/mol. The summed E-state index contributed by atoms with van der Waals surface area (Å²) in [5.41, 5.74) is 0.946. The van der Waals surface area contributed by atoms with Gasteiger partial charge >= 0.3 is 12.0 Å². The van der Waals surface area contributed by atoms with Crippen LogP contribution in [0.4, 0.5) is 4.79 Å². The van der Waals surface area contributed by atoms with E-state index in [-0.39, 0.29) is 24.2 Å². The lowest BCUT2D eigenvalue weighted by molar-refractivity contribution is 0.0696. The number of ether oxygens (including phenoxy) is 1. The van der Waals surface area contributed by atoms with Crippen molar-refractivity contribution in [2.45, 2.75) is 32.4 Å². The van der Waals surface area contributed by atoms with E-state index in [0.717, 1.165) is 18.4 Å². The molecule has 1 rings (SSSR count). The van der Waals surface area contributed by atoms with Gasteiger partial charge in [-0.1, -0.05) is 25.5 Å². The van der Waals surface area contributed by atoms with E-state index in [4.69, 9.17) is 9.84 Å². The first-order chi connectivity index (χ1) is 10.1. The maximum absolute atomic E-state index is 11.8. The molecule has 0 aliphatic heterocycles. The fourth-order valence-electron chi connectivity index (χ4n) is 1.98. The first kappa shape index (κ1) is 17.0. The van der Waals surface area contributed by atoms with Crippen LogP contribution < -0.4 is 10.6 Å². The van der Waals surface area contributed by atoms with Crippen LogP contribution in [0.15, 0.2) is 24.3 Å². The Kier molecular flexibility index (Phi) is 7.25. The molecule has 0 fully saturated rings. The number of carboxylic acids is 1. The molecule has 0 radical (unpaired) electrons. The molecular formula is C15H22N2O4. The van der Waals surface area contributed by atoms with Crippen molar-refractivity contribution in [3.8, 4) is 0 Å². The number of benzene rings is 1. The Morgan fingerprint density at radius 2 is 2.14 bits per heavy atom. The summed E-state index contributed by atoms with van der Waals surface area (Å²) in [4.78, 5) is 22.7. The second-order valence-corrected chi connectivity index (χ2v) is 4.77. The zero-order valence-corrected chi connectivity index (χ0v) is 12.4. The van der Waals surface area contributed by atoms with E-state index in [1.54, 1.807) is 25.3 Å². The fourth-order valence-corrected chi connectivity index (χ4v) is 1.98. The molecular weight excluding hydrogens is 272 g/mol. The molecule has 3 N–H and O–H groups in total. The van der Waals surface area contributed by atoms with E-state index in [0.29, 0.717) is 6.61 Å². The molecule has 2 amide bonds. The molecule has 6 nitrogen and oxygen atoms in total. The van der Waals surface area contributed by atoms with E-state index in [1.807, 2.05) is 6.92 Å². The third-order valence-electron chi connectivity index (χ3n) is 2.97. The highest BCUT2D eigenvalue weighted by Crippen LogP contribution is 2.05. The predicted molar refractivity (Wildman–Crippen MR) is 79.3 cm³/mol. The average molecular weight is 294 g/mol. The first-order valence-electron chi connectivity index (χ1n) is 6.92. The van der Waals surface area contributed by atoms with E-state index in [2.05, 4.69) is 10.6 Å². The van der Waals surface area contributed by atoms with E-state index >= 15 is 0 Å². The number of amides is 2. The maximum atomic E-state index is 11.8. The number of aromatic carboxylic acids is 1. The first-order valence-corrected chi connectivity index (χ1v) is 6.92. The van der Waals surface area contributed by atoms with Crippen LogP contribution in [0.5, 0.6) is 0 Å². The Hall–Kier alpha value is -2.08. The molecule has 1 atom stereocenters. The largest absolute Gasteiger partial charge is 0.478 e. The van der Waals surface area contributed by atoms with Gasteiger partial charge < -0.3 is 20.5 Å². The molecule has 0 aliphatic carbocycles. The Labute approximate surface area is 124 Å². The number of hydrogen-bond donors (Lipinski definition) is 3. The third kappa shape index (κ3) is 6.27. The van der Waals surface area contributed by atoms with Gasteiger partial charge in [0.25, 0.3) is 0 Å². The summed E-state index contributed by atoms with van der Waals surface area (Å²) in [5, 5.41) is 14.5. The van der Waals surface area contributed by atoms with E-state index < -0.39 is 5.97 Å². The molecule has 0 aromatic heterocycles. The highest BCUT2D eigenvalue weighted by molar-refractivity contribution is 5.87. The quantitative estimate of drug-likeness (QED) is 0.684. The van der Waals surface area contributed by atoms with Crippen molar-refractivity contribution in [3.05, 3.63) is 35.4 Å². The third-order valence-corrected chi connectivity index (χ3v) is 2.97. The summed E-state index contributed by atoms with van der Waals surface area (Å²) < 4.78 is 5.05. The maximum Gasteiger partial charge on any atom is 0.335 e. The minimum absolute atomic E-state index is 0.0228. The minimum Gasteiger partial charge on any atom is -0.478 e. The minimum atomic E-state index is -0.982. The van der Waals surface area contributed by atoms with Gasteiger partial charge in [0.1, 0.15) is 0 Å². The lowest BCUT2D eigenvalue weighted by atomic mass is 10.1. The predicted octanol–water partition coefficient (Wildman–Crippen LogP) is 2.00. The molecule has 0 bridgehead atoms. The van der Waals surface area contributed by atoms with Gasteiger partial charge in [-0.25, -0.2) is 9.59 Å². The van der Waals surface area contributed by atoms with Crippen LogP contribution in [0.2, 0.25) is 0 Å². The van der Waals surface area contributed by atoms with Crippen molar-refractivity contribution in [2.75, 3.05) is 13.7 Å². The van der Waals surface area contributed by atoms with E-state index in [1.165, 1.54) is 6.07 Å². The number of rotatable bonds is 8. The fraction of sp³-hybridized carbons (Fsp3) is 0.467. The summed E-state index contributed by atoms with van der Waals surface area (Å²) in [7, 11) is 1.60. The summed E-state index contributed by atoms with van der Waals surface area (Å²) in [6, 6.07) is 6.18. The average Bonchev–Trinajstić information content (AvgIpc) is 2.46. The molecule has 116 valence electrons. The Balaban J connectivity index is 2.48. The second-order valence-electron chi connectivity index (χ2n) is 4.77. The Bertz CT molecular complexity index is 470. The van der Waals surface area contributed by atoms with Crippen LogP contribution in [-0.2, 0) is 11.3 Å². The van der Waals surface area contributed by atoms with Crippen LogP contribution >= 0.6 is 0 Å². The van der Waals surface area contributed by atoms with Crippen molar-refractivity contribution >= 4 is 12.0 Å². The number of urea groups is 1. The SMILES string of the molecule is CCCC(COC)NC(=O)NCc1cccc(C(=O)O)c1. The van der Waals surface area contributed by atoms with Gasteiger partial charge in [0, 0.05) is 13.7 Å². The Morgan fingerprint density at radius 3 is 2.76 bits per heavy atom. The van der Waals surface area contributed by atoms with E-state index in [9.17, 15) is 9.59 Å². The standard InChI is InChI=1S/C15H22N2O4/c1-3-5-13(10-21-2)17-15(20)16-9-11-6-4-7-12(8-11)14(18)19/h4,6-8,13H,3,5,9-10H2,1-2H3,(H,18,19)(H2,16,17,20). The molecule has 0 saturated heterocycles. The lowest BCUT2D eigenvalue weighted by Crippen LogP contribution is -2.43. The zero-order chi connectivity index (χ0) is 15.7. The van der Waals surface area contributed by atoms with Crippen LogP contribution in [-0.4, -0.2) is 36.9 Å². The molecule has 1 unspecified atom stereocenters. The van der Waals surface area contributed by atoms with Gasteiger partial charge in [0.15, 0.2) is 0 Å². The molecule has 1 aromatic carbocycles. The molecule has 0 saturated carbocycles. The van der Waals surface area contributed by atoms with Gasteiger partial charge in [0.2, 0.25) is 0 Å². The molecule has 0 heterocycles. The summed E-state index contributed by atoms with van der Waals surface area (Å²) >= 11 is 0. The zero-order valence-electron chi connectivity index (χ0n) is 12.4. The van der Waals surface area contributed by atoms with Gasteiger partial charge in [-0.15, -0.1) is 0 Å². The Morgan fingerprint density at radius 1 is 1.38 bits per heavy atom. The van der Waals surface area contributed by atoms with Crippen molar-refractivity contribution in [3.63, 3.8) is 0 Å². The molecule has 6 heteroatoms. The van der Waals surface area contributed by atoms with Gasteiger partial charge in [-0.05, 0) is 24.1 Å². The highest BCUT2D eigenvalue weighted by atomic mass is 16.5. The van der Waals surface area contributed by atoms with Crippen LogP contribution in [0.3, 0.4) is 0 Å². The smallest absolute Gasteiger partial charge is 0.335 e. The molecule has 0 spiro atoms. The van der Waals surface area contributed by atoms with Crippen LogP contribution in [0.25, 0.3) is 0 Å². The van der Waals surface area contributed by atoms with Gasteiger partial charge in [-0.3, -0.25) is 0 Å². The number of hydrogen-bond acceptors (Lipinski definition) is 3. The highest BCUT2D eigenvalue weighted by Gasteiger charge is 2.11. The molecule has 0 aliphatic rings. The number of methoxy groups -OCH3 is 1. The number of nitrogens with one attached hydrogen (secondary N) is 2. The lowest BCUT2D eigenvalue weighted by Gasteiger charge is -2.17. The normalized spacial score (nSPS) is 11.7. The van der Waals surface area contributed by atoms with Crippen molar-refractivity contribution in [1.29, 1.82) is 0 Å². The van der Waals surface area contributed by atoms with Crippen molar-refractivity contribution < 1.29 is 19.4 Å². The summed E-state index contributed by atoms with van der Waals surface area (Å²) in [5.74, 6) is -0.982. The summed E-state index contributed by atoms with van der Waals surface area (Å²) in [6.07, 6.45) is 1.80. The van der Waals surface area contributed by atoms with Gasteiger partial charge in [-0.2, -0.15) is 0 Å². The van der Waals surface area contributed by atoms with Gasteiger partial charge in [0.05, 0.1) is 18.2 Å². The van der Waals surface area contributed by atoms with Crippen LogP contribution in [0.1, 0.15) is 35.7 Å². The van der Waals surface area contributed by atoms with Crippen molar-refractivity contribution in [2.24, 2.45) is 0 Å². The van der Waals surface area contributed by atoms with Crippen LogP contribution in [0, 0.1) is 0 Å². The number of carbonyl (C=O) groups is 2. The second kappa shape index (κ2) is 8.97. The summed E-state index contributed by atoms with van der Waals surface area (Å²) in [6.45, 7) is 2.79.